The molecule has 0 spiro atoms. The van der Waals surface area contributed by atoms with E-state index in [1.165, 1.54) is 0 Å². The molecule has 3 heterocycles. The number of fused-ring (bicyclic) bond motifs is 5. The highest BCUT2D eigenvalue weighted by molar-refractivity contribution is 9.10. The van der Waals surface area contributed by atoms with Crippen LogP contribution in [-0.4, -0.2) is 33.3 Å². The Kier molecular flexibility index (Phi) is 3.88. The van der Waals surface area contributed by atoms with Crippen LogP contribution in [0.15, 0.2) is 46.9 Å². The second-order valence-corrected chi connectivity index (χ2v) is 8.34. The maximum absolute atomic E-state index is 12.7. The Balaban J connectivity index is 1.77. The van der Waals surface area contributed by atoms with Crippen molar-refractivity contribution in [3.05, 3.63) is 52.5 Å². The number of hydrogen-bond acceptors (Lipinski definition) is 3. The van der Waals surface area contributed by atoms with Crippen molar-refractivity contribution in [1.82, 2.24) is 9.55 Å². The Morgan fingerprint density at radius 3 is 2.96 bits per heavy atom. The second-order valence-electron chi connectivity index (χ2n) is 7.43. The summed E-state index contributed by atoms with van der Waals surface area (Å²) in [5.74, 6) is 0.0312. The standard InChI is InChI=1S/C21H19BrN2O3/c22-13-7-8-15-16(10-13)21(20(25)26,11-14-4-3-9-27-14)12-24-18-6-2-1-5-17(18)23-19(15)24/h1-2,5-8,10,14H,3-4,9,11-12H2,(H,25,26). The van der Waals surface area contributed by atoms with Gasteiger partial charge in [-0.15, -0.1) is 0 Å². The molecule has 3 aromatic rings. The predicted octanol–water partition coefficient (Wildman–Crippen LogP) is 4.37. The number of ether oxygens (including phenoxy) is 1. The molecule has 5 rings (SSSR count). The van der Waals surface area contributed by atoms with E-state index in [0.717, 1.165) is 45.3 Å². The minimum absolute atomic E-state index is 0.0238. The molecular formula is C21H19BrN2O3. The van der Waals surface area contributed by atoms with Crippen LogP contribution in [0.4, 0.5) is 0 Å². The lowest BCUT2D eigenvalue weighted by atomic mass is 9.71. The average molecular weight is 427 g/mol. The molecule has 1 aromatic heterocycles. The van der Waals surface area contributed by atoms with Crippen molar-refractivity contribution in [1.29, 1.82) is 0 Å². The van der Waals surface area contributed by atoms with Gasteiger partial charge in [0.25, 0.3) is 0 Å². The fraction of sp³-hybridized carbons (Fsp3) is 0.333. The molecule has 138 valence electrons. The normalized spacial score (nSPS) is 24.0. The molecule has 5 nitrogen and oxygen atoms in total. The summed E-state index contributed by atoms with van der Waals surface area (Å²) < 4.78 is 8.78. The Hall–Kier alpha value is -2.18. The first-order chi connectivity index (χ1) is 13.1. The molecular weight excluding hydrogens is 408 g/mol. The van der Waals surface area contributed by atoms with Gasteiger partial charge in [0.1, 0.15) is 11.2 Å². The van der Waals surface area contributed by atoms with Gasteiger partial charge in [0, 0.05) is 23.2 Å². The number of benzene rings is 2. The first kappa shape index (κ1) is 17.0. The highest BCUT2D eigenvalue weighted by atomic mass is 79.9. The van der Waals surface area contributed by atoms with Crippen LogP contribution in [0.3, 0.4) is 0 Å². The van der Waals surface area contributed by atoms with Crippen LogP contribution in [0.2, 0.25) is 0 Å². The third kappa shape index (κ3) is 2.54. The van der Waals surface area contributed by atoms with E-state index in [9.17, 15) is 9.90 Å². The predicted molar refractivity (Wildman–Crippen MR) is 106 cm³/mol. The van der Waals surface area contributed by atoms with Gasteiger partial charge >= 0.3 is 5.97 Å². The van der Waals surface area contributed by atoms with Gasteiger partial charge in [-0.2, -0.15) is 0 Å². The van der Waals surface area contributed by atoms with Gasteiger partial charge in [0.15, 0.2) is 0 Å². The number of rotatable bonds is 3. The van der Waals surface area contributed by atoms with E-state index in [1.807, 2.05) is 42.5 Å². The summed E-state index contributed by atoms with van der Waals surface area (Å²) in [6.45, 7) is 1.08. The van der Waals surface area contributed by atoms with Crippen molar-refractivity contribution in [2.24, 2.45) is 0 Å². The topological polar surface area (TPSA) is 64.3 Å². The van der Waals surface area contributed by atoms with Crippen LogP contribution < -0.4 is 0 Å². The van der Waals surface area contributed by atoms with Crippen LogP contribution in [0.5, 0.6) is 0 Å². The van der Waals surface area contributed by atoms with Crippen LogP contribution in [0.1, 0.15) is 24.8 Å². The summed E-state index contributed by atoms with van der Waals surface area (Å²) in [4.78, 5) is 17.5. The number of nitrogens with zero attached hydrogens (tertiary/aromatic N) is 2. The quantitative estimate of drug-likeness (QED) is 0.674. The number of halogens is 1. The molecule has 1 saturated heterocycles. The minimum Gasteiger partial charge on any atom is -0.481 e. The molecule has 1 fully saturated rings. The number of carboxylic acid groups (broad SMARTS) is 1. The Bertz CT molecular complexity index is 1050. The zero-order chi connectivity index (χ0) is 18.6. The monoisotopic (exact) mass is 426 g/mol. The summed E-state index contributed by atoms with van der Waals surface area (Å²) >= 11 is 3.53. The van der Waals surface area contributed by atoms with E-state index >= 15 is 0 Å². The number of imidazole rings is 1. The fourth-order valence-corrected chi connectivity index (χ4v) is 4.90. The lowest BCUT2D eigenvalue weighted by molar-refractivity contribution is -0.146. The third-order valence-electron chi connectivity index (χ3n) is 5.83. The van der Waals surface area contributed by atoms with Crippen molar-refractivity contribution in [3.63, 3.8) is 0 Å². The van der Waals surface area contributed by atoms with Crippen molar-refractivity contribution in [3.8, 4) is 11.4 Å². The highest BCUT2D eigenvalue weighted by Gasteiger charge is 2.48. The summed E-state index contributed by atoms with van der Waals surface area (Å²) in [7, 11) is 0. The zero-order valence-corrected chi connectivity index (χ0v) is 16.3. The number of para-hydroxylation sites is 2. The summed E-state index contributed by atoms with van der Waals surface area (Å²) in [5, 5.41) is 10.4. The summed E-state index contributed by atoms with van der Waals surface area (Å²) in [6, 6.07) is 13.8. The smallest absolute Gasteiger partial charge is 0.316 e. The van der Waals surface area contributed by atoms with Crippen molar-refractivity contribution in [2.75, 3.05) is 6.61 Å². The molecule has 6 heteroatoms. The first-order valence-electron chi connectivity index (χ1n) is 9.19. The van der Waals surface area contributed by atoms with Gasteiger partial charge in [-0.05, 0) is 55.2 Å². The molecule has 0 saturated carbocycles. The van der Waals surface area contributed by atoms with Gasteiger partial charge < -0.3 is 14.4 Å². The van der Waals surface area contributed by atoms with Gasteiger partial charge in [0.05, 0.1) is 17.1 Å². The maximum atomic E-state index is 12.7. The molecule has 2 unspecified atom stereocenters. The number of aliphatic carboxylic acids is 1. The van der Waals surface area contributed by atoms with Crippen LogP contribution in [0.25, 0.3) is 22.4 Å². The van der Waals surface area contributed by atoms with Crippen molar-refractivity contribution < 1.29 is 14.6 Å². The van der Waals surface area contributed by atoms with E-state index in [2.05, 4.69) is 20.5 Å². The lowest BCUT2D eigenvalue weighted by Gasteiger charge is -2.38. The Morgan fingerprint density at radius 2 is 2.19 bits per heavy atom. The summed E-state index contributed by atoms with van der Waals surface area (Å²) in [5.41, 5.74) is 2.53. The molecule has 0 aliphatic carbocycles. The van der Waals surface area contributed by atoms with E-state index in [-0.39, 0.29) is 6.10 Å². The van der Waals surface area contributed by atoms with Gasteiger partial charge in [-0.25, -0.2) is 4.98 Å². The molecule has 0 bridgehead atoms. The highest BCUT2D eigenvalue weighted by Crippen LogP contribution is 2.46. The van der Waals surface area contributed by atoms with Crippen LogP contribution in [-0.2, 0) is 21.5 Å². The zero-order valence-electron chi connectivity index (χ0n) is 14.7. The molecule has 0 amide bonds. The van der Waals surface area contributed by atoms with E-state index in [0.29, 0.717) is 19.6 Å². The summed E-state index contributed by atoms with van der Waals surface area (Å²) in [6.07, 6.45) is 2.35. The molecule has 2 aliphatic heterocycles. The number of carbonyl (C=O) groups is 1. The van der Waals surface area contributed by atoms with E-state index < -0.39 is 11.4 Å². The second kappa shape index (κ2) is 6.17. The number of hydrogen-bond donors (Lipinski definition) is 1. The van der Waals surface area contributed by atoms with Gasteiger partial charge in [-0.1, -0.05) is 28.1 Å². The average Bonchev–Trinajstić information content (AvgIpc) is 3.29. The maximum Gasteiger partial charge on any atom is 0.316 e. The molecule has 0 radical (unpaired) electrons. The largest absolute Gasteiger partial charge is 0.481 e. The molecule has 27 heavy (non-hydrogen) atoms. The Morgan fingerprint density at radius 1 is 1.33 bits per heavy atom. The SMILES string of the molecule is O=C(O)C1(CC2CCCO2)Cn2c(nc3ccccc32)-c2ccc(Br)cc21. The first-order valence-corrected chi connectivity index (χ1v) is 9.98. The minimum atomic E-state index is -1.04. The molecule has 2 atom stereocenters. The van der Waals surface area contributed by atoms with Crippen molar-refractivity contribution in [2.45, 2.75) is 37.3 Å². The van der Waals surface area contributed by atoms with Gasteiger partial charge in [0.2, 0.25) is 0 Å². The van der Waals surface area contributed by atoms with E-state index in [1.54, 1.807) is 0 Å². The molecule has 2 aromatic carbocycles. The fourth-order valence-electron chi connectivity index (χ4n) is 4.54. The van der Waals surface area contributed by atoms with Crippen molar-refractivity contribution >= 4 is 32.9 Å². The Labute approximate surface area is 165 Å². The molecule has 1 N–H and O–H groups in total. The van der Waals surface area contributed by atoms with E-state index in [4.69, 9.17) is 9.72 Å². The number of aromatic nitrogens is 2. The van der Waals surface area contributed by atoms with Crippen LogP contribution in [0, 0.1) is 0 Å². The van der Waals surface area contributed by atoms with Gasteiger partial charge in [-0.3, -0.25) is 4.79 Å². The number of carboxylic acids is 1. The third-order valence-corrected chi connectivity index (χ3v) is 6.32. The lowest BCUT2D eigenvalue weighted by Crippen LogP contribution is -2.45. The van der Waals surface area contributed by atoms with Crippen LogP contribution >= 0.6 is 15.9 Å². The molecule has 2 aliphatic rings.